The summed E-state index contributed by atoms with van der Waals surface area (Å²) in [6.45, 7) is 2.39. The molecule has 94 valence electrons. The summed E-state index contributed by atoms with van der Waals surface area (Å²) in [4.78, 5) is 0. The zero-order valence-corrected chi connectivity index (χ0v) is 11.0. The number of nitrogens with two attached hydrogens (primary N) is 1. The van der Waals surface area contributed by atoms with E-state index < -0.39 is 0 Å². The van der Waals surface area contributed by atoms with E-state index >= 15 is 0 Å². The van der Waals surface area contributed by atoms with Crippen molar-refractivity contribution in [2.75, 3.05) is 6.61 Å². The highest BCUT2D eigenvalue weighted by Gasteiger charge is 2.11. The van der Waals surface area contributed by atoms with Crippen LogP contribution in [0, 0.1) is 0 Å². The molecule has 0 aliphatic carbocycles. The highest BCUT2D eigenvalue weighted by Crippen LogP contribution is 2.32. The molecule has 3 heteroatoms. The molecular weight excluding hydrogens is 246 g/mol. The quantitative estimate of drug-likeness (QED) is 0.903. The van der Waals surface area contributed by atoms with E-state index in [0.29, 0.717) is 6.61 Å². The lowest BCUT2D eigenvalue weighted by molar-refractivity contribution is 0.361. The van der Waals surface area contributed by atoms with Gasteiger partial charge in [0.2, 0.25) is 0 Å². The van der Waals surface area contributed by atoms with Crippen molar-refractivity contribution in [1.29, 1.82) is 0 Å². The Morgan fingerprint density at radius 1 is 1.28 bits per heavy atom. The van der Waals surface area contributed by atoms with Crippen LogP contribution in [0.1, 0.15) is 18.5 Å². The van der Waals surface area contributed by atoms with Crippen molar-refractivity contribution in [2.24, 2.45) is 5.73 Å². The van der Waals surface area contributed by atoms with E-state index in [1.54, 1.807) is 6.08 Å². The van der Waals surface area contributed by atoms with Crippen LogP contribution in [0.3, 0.4) is 0 Å². The van der Waals surface area contributed by atoms with Gasteiger partial charge in [-0.3, -0.25) is 0 Å². The number of benzene rings is 2. The lowest BCUT2D eigenvalue weighted by atomic mass is 10.0. The molecule has 0 bridgehead atoms. The number of hydrogen-bond donors (Lipinski definition) is 1. The molecule has 18 heavy (non-hydrogen) atoms. The van der Waals surface area contributed by atoms with Gasteiger partial charge in [0.15, 0.2) is 0 Å². The molecular formula is C15H16ClNO. The van der Waals surface area contributed by atoms with E-state index in [1.807, 2.05) is 31.2 Å². The minimum absolute atomic E-state index is 0.0652. The van der Waals surface area contributed by atoms with E-state index in [4.69, 9.17) is 22.1 Å². The van der Waals surface area contributed by atoms with Crippen molar-refractivity contribution < 1.29 is 4.74 Å². The summed E-state index contributed by atoms with van der Waals surface area (Å²) in [5.41, 5.74) is 8.45. The normalized spacial score (nSPS) is 13.1. The first-order valence-corrected chi connectivity index (χ1v) is 6.33. The van der Waals surface area contributed by atoms with Gasteiger partial charge in [-0.2, -0.15) is 0 Å². The van der Waals surface area contributed by atoms with Crippen molar-refractivity contribution in [3.05, 3.63) is 53.6 Å². The molecule has 0 saturated heterocycles. The van der Waals surface area contributed by atoms with Gasteiger partial charge in [-0.1, -0.05) is 48.0 Å². The molecule has 0 fully saturated rings. The van der Waals surface area contributed by atoms with Crippen LogP contribution in [0.5, 0.6) is 5.75 Å². The maximum Gasteiger partial charge on any atom is 0.132 e. The van der Waals surface area contributed by atoms with Crippen molar-refractivity contribution in [3.8, 4) is 5.75 Å². The van der Waals surface area contributed by atoms with Crippen molar-refractivity contribution in [3.63, 3.8) is 0 Å². The molecule has 0 aromatic heterocycles. The fourth-order valence-electron chi connectivity index (χ4n) is 1.95. The molecule has 0 unspecified atom stereocenters. The Labute approximate surface area is 112 Å². The van der Waals surface area contributed by atoms with Crippen LogP contribution in [0.4, 0.5) is 0 Å². The number of halogens is 1. The monoisotopic (exact) mass is 261 g/mol. The summed E-state index contributed by atoms with van der Waals surface area (Å²) in [7, 11) is 0. The molecule has 0 aliphatic rings. The fraction of sp³-hybridized carbons (Fsp3) is 0.200. The van der Waals surface area contributed by atoms with E-state index in [0.717, 1.165) is 22.1 Å². The smallest absolute Gasteiger partial charge is 0.132 e. The Kier molecular flexibility index (Phi) is 4.24. The summed E-state index contributed by atoms with van der Waals surface area (Å²) >= 11 is 5.50. The van der Waals surface area contributed by atoms with Gasteiger partial charge in [-0.25, -0.2) is 0 Å². The molecule has 0 saturated carbocycles. The summed E-state index contributed by atoms with van der Waals surface area (Å²) in [5, 5.41) is 2.22. The van der Waals surface area contributed by atoms with Gasteiger partial charge in [0.05, 0.1) is 0 Å². The first kappa shape index (κ1) is 12.9. The minimum atomic E-state index is -0.0652. The molecule has 0 radical (unpaired) electrons. The largest absolute Gasteiger partial charge is 0.488 e. The molecule has 1 atom stereocenters. The summed E-state index contributed by atoms with van der Waals surface area (Å²) in [5.74, 6) is 0.845. The summed E-state index contributed by atoms with van der Waals surface area (Å²) < 4.78 is 5.80. The number of ether oxygens (including phenoxy) is 1. The molecule has 2 N–H and O–H groups in total. The first-order chi connectivity index (χ1) is 8.74. The van der Waals surface area contributed by atoms with E-state index in [1.165, 1.54) is 5.54 Å². The predicted octanol–water partition coefficient (Wildman–Crippen LogP) is 3.99. The van der Waals surface area contributed by atoms with Gasteiger partial charge < -0.3 is 10.5 Å². The highest BCUT2D eigenvalue weighted by molar-refractivity contribution is 6.25. The Bertz CT molecular complexity index is 563. The molecule has 2 aromatic carbocycles. The van der Waals surface area contributed by atoms with Gasteiger partial charge in [-0.05, 0) is 18.4 Å². The van der Waals surface area contributed by atoms with Crippen LogP contribution < -0.4 is 10.5 Å². The molecule has 0 heterocycles. The lowest BCUT2D eigenvalue weighted by Gasteiger charge is -2.15. The second kappa shape index (κ2) is 5.89. The Morgan fingerprint density at radius 2 is 2.06 bits per heavy atom. The van der Waals surface area contributed by atoms with Crippen molar-refractivity contribution in [2.45, 2.75) is 13.0 Å². The van der Waals surface area contributed by atoms with Gasteiger partial charge in [0.1, 0.15) is 12.4 Å². The second-order valence-corrected chi connectivity index (χ2v) is 4.42. The van der Waals surface area contributed by atoms with Crippen molar-refractivity contribution in [1.82, 2.24) is 0 Å². The number of hydrogen-bond acceptors (Lipinski definition) is 2. The Morgan fingerprint density at radius 3 is 2.78 bits per heavy atom. The predicted molar refractivity (Wildman–Crippen MR) is 77.0 cm³/mol. The molecule has 2 rings (SSSR count). The maximum absolute atomic E-state index is 5.99. The first-order valence-electron chi connectivity index (χ1n) is 5.89. The third kappa shape index (κ3) is 2.66. The van der Waals surface area contributed by atoms with E-state index in [2.05, 4.69) is 12.1 Å². The number of fused-ring (bicyclic) bond motifs is 1. The van der Waals surface area contributed by atoms with Gasteiger partial charge in [0.25, 0.3) is 0 Å². The average molecular weight is 262 g/mol. The van der Waals surface area contributed by atoms with Crippen LogP contribution >= 0.6 is 11.6 Å². The highest BCUT2D eigenvalue weighted by atomic mass is 35.5. The van der Waals surface area contributed by atoms with Crippen molar-refractivity contribution >= 4 is 22.4 Å². The third-order valence-corrected chi connectivity index (χ3v) is 2.99. The van der Waals surface area contributed by atoms with Crippen LogP contribution in [-0.2, 0) is 0 Å². The molecule has 2 nitrogen and oxygen atoms in total. The number of rotatable bonds is 4. The zero-order valence-electron chi connectivity index (χ0n) is 10.3. The van der Waals surface area contributed by atoms with Crippen LogP contribution in [0.15, 0.2) is 48.0 Å². The summed E-state index contributed by atoms with van der Waals surface area (Å²) in [6, 6.07) is 12.1. The Hall–Kier alpha value is -1.51. The third-order valence-electron chi connectivity index (χ3n) is 2.81. The minimum Gasteiger partial charge on any atom is -0.488 e. The zero-order chi connectivity index (χ0) is 13.0. The molecule has 0 amide bonds. The second-order valence-electron chi connectivity index (χ2n) is 4.17. The van der Waals surface area contributed by atoms with Gasteiger partial charge in [-0.15, -0.1) is 0 Å². The molecule has 2 aromatic rings. The lowest BCUT2D eigenvalue weighted by Crippen LogP contribution is -2.08. The SMILES string of the molecule is C[C@@H](N)c1ccc2ccccc2c1OCC=CCl. The maximum atomic E-state index is 5.99. The fourth-order valence-corrected chi connectivity index (χ4v) is 2.02. The van der Waals surface area contributed by atoms with Crippen LogP contribution in [-0.4, -0.2) is 6.61 Å². The Balaban J connectivity index is 2.51. The molecule has 0 aliphatic heterocycles. The topological polar surface area (TPSA) is 35.2 Å². The standard InChI is InChI=1S/C15H16ClNO/c1-11(17)13-8-7-12-5-2-3-6-14(12)15(13)18-10-4-9-16/h2-9,11H,10,17H2,1H3/t11-/m1/s1. The molecule has 0 spiro atoms. The average Bonchev–Trinajstić information content (AvgIpc) is 2.38. The summed E-state index contributed by atoms with van der Waals surface area (Å²) in [6.07, 6.45) is 1.76. The van der Waals surface area contributed by atoms with Crippen LogP contribution in [0.25, 0.3) is 10.8 Å². The van der Waals surface area contributed by atoms with E-state index in [9.17, 15) is 0 Å². The van der Waals surface area contributed by atoms with Gasteiger partial charge in [0, 0.05) is 22.5 Å². The van der Waals surface area contributed by atoms with Crippen LogP contribution in [0.2, 0.25) is 0 Å². The van der Waals surface area contributed by atoms with Gasteiger partial charge >= 0.3 is 0 Å². The van der Waals surface area contributed by atoms with E-state index in [-0.39, 0.29) is 6.04 Å².